The second kappa shape index (κ2) is 6.82. The van der Waals surface area contributed by atoms with Gasteiger partial charge in [-0.3, -0.25) is 15.1 Å². The number of halogens is 5. The van der Waals surface area contributed by atoms with Gasteiger partial charge >= 0.3 is 0 Å². The molecule has 2 N–H and O–H groups in total. The van der Waals surface area contributed by atoms with Crippen molar-refractivity contribution < 1.29 is 26.7 Å². The van der Waals surface area contributed by atoms with E-state index in [1.165, 1.54) is 26.1 Å². The molecule has 1 aliphatic heterocycles. The van der Waals surface area contributed by atoms with Crippen LogP contribution in [0.1, 0.15) is 36.5 Å². The molecule has 0 spiro atoms. The topological polar surface area (TPSA) is 56.2 Å². The Bertz CT molecular complexity index is 964. The number of carbonyl (C=O) groups excluding carboxylic acids is 1. The summed E-state index contributed by atoms with van der Waals surface area (Å²) in [6, 6.07) is 5.76. The van der Waals surface area contributed by atoms with Crippen LogP contribution >= 0.6 is 0 Å². The van der Waals surface area contributed by atoms with E-state index in [9.17, 15) is 26.7 Å². The third-order valence-electron chi connectivity index (χ3n) is 5.15. The van der Waals surface area contributed by atoms with E-state index in [4.69, 9.17) is 5.41 Å². The summed E-state index contributed by atoms with van der Waals surface area (Å²) in [7, 11) is 1.30. The van der Waals surface area contributed by atoms with Gasteiger partial charge < -0.3 is 5.32 Å². The molecule has 1 saturated heterocycles. The molecule has 1 amide bonds. The average Bonchev–Trinajstić information content (AvgIpc) is 2.58. The monoisotopic (exact) mass is 411 g/mol. The fraction of sp³-hybridized carbons (Fsp3) is 0.300. The quantitative estimate of drug-likeness (QED) is 0.744. The van der Waals surface area contributed by atoms with Crippen molar-refractivity contribution in [2.45, 2.75) is 31.2 Å². The SMILES string of the molecule is CN1C(=N)NC(C)(c2c(F)cc(F)cc2F)C(c2ccc(C(C)(F)F)cc2)C1=O. The van der Waals surface area contributed by atoms with Gasteiger partial charge in [0.25, 0.3) is 5.92 Å². The zero-order valence-electron chi connectivity index (χ0n) is 15.8. The van der Waals surface area contributed by atoms with E-state index in [1.54, 1.807) is 0 Å². The van der Waals surface area contributed by atoms with E-state index < -0.39 is 52.3 Å². The summed E-state index contributed by atoms with van der Waals surface area (Å²) < 4.78 is 69.6. The molecule has 1 fully saturated rings. The normalized spacial score (nSPS) is 22.6. The fourth-order valence-corrected chi connectivity index (χ4v) is 3.64. The third-order valence-corrected chi connectivity index (χ3v) is 5.15. The molecular formula is C20H18F5N3O. The molecule has 2 aromatic rings. The highest BCUT2D eigenvalue weighted by Gasteiger charge is 2.51. The molecule has 1 heterocycles. The summed E-state index contributed by atoms with van der Waals surface area (Å²) in [5, 5.41) is 10.6. The Hall–Kier alpha value is -2.97. The highest BCUT2D eigenvalue weighted by molar-refractivity contribution is 6.02. The lowest BCUT2D eigenvalue weighted by Gasteiger charge is -2.46. The first-order valence-electron chi connectivity index (χ1n) is 8.64. The zero-order valence-corrected chi connectivity index (χ0v) is 15.8. The number of benzene rings is 2. The summed E-state index contributed by atoms with van der Waals surface area (Å²) in [5.41, 5.74) is -2.52. The van der Waals surface area contributed by atoms with Gasteiger partial charge in [0, 0.05) is 37.2 Å². The maximum Gasteiger partial charge on any atom is 0.270 e. The predicted molar refractivity (Wildman–Crippen MR) is 96.1 cm³/mol. The molecule has 0 bridgehead atoms. The van der Waals surface area contributed by atoms with Gasteiger partial charge in [0.05, 0.1) is 11.5 Å². The number of alkyl halides is 2. The number of guanidine groups is 1. The number of rotatable bonds is 3. The van der Waals surface area contributed by atoms with Crippen LogP contribution in [0.4, 0.5) is 22.0 Å². The highest BCUT2D eigenvalue weighted by atomic mass is 19.3. The molecule has 3 rings (SSSR count). The van der Waals surface area contributed by atoms with Gasteiger partial charge in [0.15, 0.2) is 5.96 Å². The summed E-state index contributed by atoms with van der Waals surface area (Å²) in [6.07, 6.45) is 0. The summed E-state index contributed by atoms with van der Waals surface area (Å²) in [5.74, 6) is -9.05. The average molecular weight is 411 g/mol. The first kappa shape index (κ1) is 20.8. The van der Waals surface area contributed by atoms with Crippen molar-refractivity contribution >= 4 is 11.9 Å². The van der Waals surface area contributed by atoms with E-state index in [1.807, 2.05) is 0 Å². The van der Waals surface area contributed by atoms with Crippen molar-refractivity contribution in [2.24, 2.45) is 0 Å². The third kappa shape index (κ3) is 3.45. The molecule has 1 aliphatic rings. The van der Waals surface area contributed by atoms with E-state index in [-0.39, 0.29) is 11.1 Å². The Kier molecular flexibility index (Phi) is 4.88. The van der Waals surface area contributed by atoms with Crippen molar-refractivity contribution in [2.75, 3.05) is 7.05 Å². The van der Waals surface area contributed by atoms with Crippen molar-refractivity contribution in [1.82, 2.24) is 10.2 Å². The molecule has 0 saturated carbocycles. The Morgan fingerprint density at radius 2 is 1.62 bits per heavy atom. The van der Waals surface area contributed by atoms with E-state index in [0.29, 0.717) is 12.1 Å². The number of hydrogen-bond acceptors (Lipinski definition) is 2. The first-order valence-corrected chi connectivity index (χ1v) is 8.64. The standard InChI is InChI=1S/C20H18F5N3O/c1-19(16-13(22)8-12(21)9-14(16)23)15(17(29)28(3)18(26)27-19)10-4-6-11(7-5-10)20(2,24)25/h4-9,15H,1-3H3,(H2,26,27). The molecule has 0 aliphatic carbocycles. The maximum absolute atomic E-state index is 14.6. The van der Waals surface area contributed by atoms with Crippen molar-refractivity contribution in [3.63, 3.8) is 0 Å². The van der Waals surface area contributed by atoms with Crippen LogP contribution in [0.15, 0.2) is 36.4 Å². The van der Waals surface area contributed by atoms with Gasteiger partial charge in [-0.25, -0.2) is 22.0 Å². The molecule has 0 radical (unpaired) electrons. The van der Waals surface area contributed by atoms with Gasteiger partial charge in [0.1, 0.15) is 17.5 Å². The molecule has 29 heavy (non-hydrogen) atoms. The highest BCUT2D eigenvalue weighted by Crippen LogP contribution is 2.43. The molecule has 2 aromatic carbocycles. The molecule has 154 valence electrons. The van der Waals surface area contributed by atoms with E-state index in [0.717, 1.165) is 24.0 Å². The van der Waals surface area contributed by atoms with Gasteiger partial charge in [-0.15, -0.1) is 0 Å². The largest absolute Gasteiger partial charge is 0.345 e. The van der Waals surface area contributed by atoms with Crippen LogP contribution in [-0.4, -0.2) is 23.8 Å². The van der Waals surface area contributed by atoms with Gasteiger partial charge in [-0.2, -0.15) is 0 Å². The van der Waals surface area contributed by atoms with Gasteiger partial charge in [-0.05, 0) is 12.5 Å². The lowest BCUT2D eigenvalue weighted by atomic mass is 9.73. The molecule has 4 nitrogen and oxygen atoms in total. The van der Waals surface area contributed by atoms with Crippen LogP contribution in [0.2, 0.25) is 0 Å². The lowest BCUT2D eigenvalue weighted by Crippen LogP contribution is -2.63. The van der Waals surface area contributed by atoms with Crippen LogP contribution in [0, 0.1) is 22.9 Å². The minimum Gasteiger partial charge on any atom is -0.345 e. The first-order chi connectivity index (χ1) is 13.4. The molecule has 9 heteroatoms. The van der Waals surface area contributed by atoms with Crippen molar-refractivity contribution in [3.8, 4) is 0 Å². The van der Waals surface area contributed by atoms with E-state index >= 15 is 0 Å². The lowest BCUT2D eigenvalue weighted by molar-refractivity contribution is -0.131. The molecule has 2 unspecified atom stereocenters. The Morgan fingerprint density at radius 3 is 2.10 bits per heavy atom. The summed E-state index contributed by atoms with van der Waals surface area (Å²) in [4.78, 5) is 13.9. The van der Waals surface area contributed by atoms with Crippen LogP contribution < -0.4 is 5.32 Å². The fourth-order valence-electron chi connectivity index (χ4n) is 3.64. The number of amides is 1. The minimum absolute atomic E-state index is 0.209. The second-order valence-electron chi connectivity index (χ2n) is 7.26. The summed E-state index contributed by atoms with van der Waals surface area (Å²) >= 11 is 0. The minimum atomic E-state index is -3.11. The van der Waals surface area contributed by atoms with Crippen LogP contribution in [0.3, 0.4) is 0 Å². The van der Waals surface area contributed by atoms with E-state index in [2.05, 4.69) is 5.32 Å². The molecule has 2 atom stereocenters. The Balaban J connectivity index is 2.21. The van der Waals surface area contributed by atoms with Crippen molar-refractivity contribution in [3.05, 3.63) is 70.5 Å². The number of hydrogen-bond donors (Lipinski definition) is 2. The number of carbonyl (C=O) groups is 1. The summed E-state index contributed by atoms with van der Waals surface area (Å²) in [6.45, 7) is 2.02. The predicted octanol–water partition coefficient (Wildman–Crippen LogP) is 4.21. The Morgan fingerprint density at radius 1 is 1.10 bits per heavy atom. The van der Waals surface area contributed by atoms with Crippen molar-refractivity contribution in [1.29, 1.82) is 5.41 Å². The molecular weight excluding hydrogens is 393 g/mol. The number of nitrogens with one attached hydrogen (secondary N) is 2. The smallest absolute Gasteiger partial charge is 0.270 e. The van der Waals surface area contributed by atoms with Crippen LogP contribution in [-0.2, 0) is 16.3 Å². The van der Waals surface area contributed by atoms with Crippen LogP contribution in [0.25, 0.3) is 0 Å². The van der Waals surface area contributed by atoms with Gasteiger partial charge in [-0.1, -0.05) is 24.3 Å². The van der Waals surface area contributed by atoms with Crippen LogP contribution in [0.5, 0.6) is 0 Å². The maximum atomic E-state index is 14.6. The number of nitrogens with zero attached hydrogens (tertiary/aromatic N) is 1. The Labute approximate surface area is 163 Å². The second-order valence-corrected chi connectivity index (χ2v) is 7.26. The zero-order chi connectivity index (χ0) is 21.7. The van der Waals surface area contributed by atoms with Gasteiger partial charge in [0.2, 0.25) is 5.91 Å². The number of likely N-dealkylation sites (N-methyl/N-ethyl adjacent to an activating group) is 1. The molecule has 0 aromatic heterocycles.